The van der Waals surface area contributed by atoms with Crippen LogP contribution in [0, 0.1) is 22.7 Å². The molecule has 9 nitrogen and oxygen atoms in total. The maximum absolute atomic E-state index is 13.6. The van der Waals surface area contributed by atoms with Crippen LogP contribution in [0.2, 0.25) is 5.02 Å². The van der Waals surface area contributed by atoms with Crippen LogP contribution in [0.5, 0.6) is 5.75 Å². The predicted octanol–water partition coefficient (Wildman–Crippen LogP) is 2.54. The Bertz CT molecular complexity index is 1190. The minimum Gasteiger partial charge on any atom is -0.495 e. The summed E-state index contributed by atoms with van der Waals surface area (Å²) < 4.78 is 5.28. The molecule has 10 heteroatoms. The molecule has 3 fully saturated rings. The first-order valence-electron chi connectivity index (χ1n) is 12.1. The molecule has 2 amide bonds. The molecule has 2 aliphatic heterocycles. The number of halogens is 1. The van der Waals surface area contributed by atoms with Crippen molar-refractivity contribution in [3.05, 3.63) is 28.9 Å². The van der Waals surface area contributed by atoms with E-state index >= 15 is 0 Å². The highest BCUT2D eigenvalue weighted by Gasteiger charge is 2.52. The fraction of sp³-hybridized carbons (Fsp3) is 0.560. The monoisotopic (exact) mass is 499 g/mol. The van der Waals surface area contributed by atoms with E-state index in [9.17, 15) is 20.0 Å². The Morgan fingerprint density at radius 3 is 2.86 bits per heavy atom. The number of ether oxygens (including phenoxy) is 1. The number of aromatic nitrogens is 1. The van der Waals surface area contributed by atoms with Crippen molar-refractivity contribution in [2.24, 2.45) is 11.3 Å². The van der Waals surface area contributed by atoms with Gasteiger partial charge in [0.2, 0.25) is 5.91 Å². The Hall–Kier alpha value is -2.80. The summed E-state index contributed by atoms with van der Waals surface area (Å²) in [5.74, 6) is -0.143. The van der Waals surface area contributed by atoms with E-state index in [1.807, 2.05) is 6.07 Å². The summed E-state index contributed by atoms with van der Waals surface area (Å²) in [5, 5.41) is 26.6. The smallest absolute Gasteiger partial charge is 0.271 e. The van der Waals surface area contributed by atoms with Crippen molar-refractivity contribution in [3.8, 4) is 11.8 Å². The maximum Gasteiger partial charge on any atom is 0.271 e. The summed E-state index contributed by atoms with van der Waals surface area (Å²) >= 11 is 6.44. The van der Waals surface area contributed by atoms with E-state index in [0.29, 0.717) is 53.3 Å². The average Bonchev–Trinajstić information content (AvgIpc) is 3.55. The van der Waals surface area contributed by atoms with Gasteiger partial charge in [0.05, 0.1) is 18.2 Å². The van der Waals surface area contributed by atoms with Crippen LogP contribution in [0.4, 0.5) is 0 Å². The van der Waals surface area contributed by atoms with E-state index in [1.54, 1.807) is 17.0 Å². The highest BCUT2D eigenvalue weighted by Crippen LogP contribution is 2.50. The number of aromatic amines is 1. The number of carbonyl (C=O) groups is 2. The van der Waals surface area contributed by atoms with Gasteiger partial charge in [-0.1, -0.05) is 18.0 Å². The number of nitrogens with zero attached hydrogens (tertiary/aromatic N) is 2. The zero-order valence-corrected chi connectivity index (χ0v) is 20.4. The van der Waals surface area contributed by atoms with E-state index in [1.165, 1.54) is 7.11 Å². The molecule has 2 saturated heterocycles. The van der Waals surface area contributed by atoms with Gasteiger partial charge in [0.1, 0.15) is 29.8 Å². The summed E-state index contributed by atoms with van der Waals surface area (Å²) in [4.78, 5) is 31.8. The molecule has 3 heterocycles. The van der Waals surface area contributed by atoms with Crippen LogP contribution < -0.4 is 15.4 Å². The molecular weight excluding hydrogens is 470 g/mol. The molecule has 4 atom stereocenters. The number of aliphatic hydroxyl groups excluding tert-OH is 1. The first-order chi connectivity index (χ1) is 16.8. The van der Waals surface area contributed by atoms with Gasteiger partial charge < -0.3 is 25.0 Å². The molecule has 0 radical (unpaired) electrons. The number of rotatable bonds is 6. The van der Waals surface area contributed by atoms with E-state index in [0.717, 1.165) is 25.7 Å². The molecule has 1 spiro atoms. The average molecular weight is 500 g/mol. The quantitative estimate of drug-likeness (QED) is 0.483. The molecule has 1 aromatic carbocycles. The van der Waals surface area contributed by atoms with Crippen LogP contribution in [-0.4, -0.2) is 65.3 Å². The van der Waals surface area contributed by atoms with Crippen LogP contribution in [-0.2, 0) is 4.79 Å². The van der Waals surface area contributed by atoms with Gasteiger partial charge in [-0.3, -0.25) is 14.9 Å². The molecule has 1 saturated carbocycles. The van der Waals surface area contributed by atoms with E-state index in [-0.39, 0.29) is 23.1 Å². The first-order valence-corrected chi connectivity index (χ1v) is 12.5. The first kappa shape index (κ1) is 23.9. The largest absolute Gasteiger partial charge is 0.495 e. The summed E-state index contributed by atoms with van der Waals surface area (Å²) in [6.45, 7) is 1.20. The Labute approximate surface area is 208 Å². The molecule has 35 heavy (non-hydrogen) atoms. The normalized spacial score (nSPS) is 25.9. The zero-order chi connectivity index (χ0) is 24.7. The van der Waals surface area contributed by atoms with Crippen LogP contribution in [0.15, 0.2) is 18.2 Å². The third-order valence-corrected chi connectivity index (χ3v) is 8.35. The predicted molar refractivity (Wildman–Crippen MR) is 130 cm³/mol. The van der Waals surface area contributed by atoms with E-state index in [4.69, 9.17) is 16.3 Å². The summed E-state index contributed by atoms with van der Waals surface area (Å²) in [6.07, 6.45) is 4.09. The van der Waals surface area contributed by atoms with Crippen LogP contribution in [0.25, 0.3) is 10.9 Å². The number of likely N-dealkylation sites (tertiary alicyclic amines) is 1. The Morgan fingerprint density at radius 2 is 2.23 bits per heavy atom. The lowest BCUT2D eigenvalue weighted by Gasteiger charge is -2.37. The molecule has 5 rings (SSSR count). The number of nitriles is 1. The second-order valence-corrected chi connectivity index (χ2v) is 10.5. The van der Waals surface area contributed by atoms with Gasteiger partial charge in [-0.05, 0) is 62.3 Å². The molecule has 0 bridgehead atoms. The van der Waals surface area contributed by atoms with E-state index in [2.05, 4.69) is 21.7 Å². The third-order valence-electron chi connectivity index (χ3n) is 7.96. The number of amides is 2. The molecule has 3 aliphatic rings. The number of aliphatic hydroxyl groups is 1. The molecule has 1 aliphatic carbocycles. The van der Waals surface area contributed by atoms with Crippen molar-refractivity contribution in [1.82, 2.24) is 20.5 Å². The number of carbonyl (C=O) groups excluding carboxylic acids is 2. The number of hydrogen-bond donors (Lipinski definition) is 4. The number of methoxy groups -OCH3 is 1. The molecule has 2 aromatic rings. The van der Waals surface area contributed by atoms with Gasteiger partial charge >= 0.3 is 0 Å². The molecule has 2 unspecified atom stereocenters. The Kier molecular flexibility index (Phi) is 6.38. The van der Waals surface area contributed by atoms with Crippen molar-refractivity contribution in [1.29, 1.82) is 5.26 Å². The summed E-state index contributed by atoms with van der Waals surface area (Å²) in [5.41, 5.74) is 1.03. The van der Waals surface area contributed by atoms with Crippen LogP contribution in [0.1, 0.15) is 49.0 Å². The number of nitrogens with one attached hydrogen (secondary N) is 3. The van der Waals surface area contributed by atoms with Crippen molar-refractivity contribution < 1.29 is 19.4 Å². The van der Waals surface area contributed by atoms with Gasteiger partial charge in [-0.15, -0.1) is 0 Å². The molecule has 4 N–H and O–H groups in total. The fourth-order valence-corrected chi connectivity index (χ4v) is 6.12. The maximum atomic E-state index is 13.6. The van der Waals surface area contributed by atoms with Crippen molar-refractivity contribution >= 4 is 34.3 Å². The standard InChI is InChI=1S/C25H30ClN5O4/c1-35-20-4-3-17-16(21(20)26)10-18(30-17)24(34)31-13-25(6-2-7-25)11-19(31)23(33)29-15(12-27)9-14-5-8-28-22(14)32/h3-4,10,14-15,19,22,28,30,32H,2,5-9,11,13H2,1H3,(H,29,33)/t14-,15-,19?,22?/m0/s1. The number of fused-ring (bicyclic) bond motifs is 1. The van der Waals surface area contributed by atoms with Crippen molar-refractivity contribution in [3.63, 3.8) is 0 Å². The second-order valence-electron chi connectivity index (χ2n) is 10.1. The van der Waals surface area contributed by atoms with Gasteiger partial charge in [-0.25, -0.2) is 0 Å². The number of hydrogen-bond acceptors (Lipinski definition) is 6. The van der Waals surface area contributed by atoms with Gasteiger partial charge in [0, 0.05) is 23.4 Å². The lowest BCUT2D eigenvalue weighted by Crippen LogP contribution is -2.49. The highest BCUT2D eigenvalue weighted by atomic mass is 35.5. The third kappa shape index (κ3) is 4.35. The Balaban J connectivity index is 1.36. The SMILES string of the molecule is COc1ccc2[nH]c(C(=O)N3CC4(CCC4)CC3C(=O)N[C@H](C#N)C[C@@H]3CCNC3O)cc2c1Cl. The van der Waals surface area contributed by atoms with Crippen molar-refractivity contribution in [2.45, 2.75) is 56.8 Å². The fourth-order valence-electron chi connectivity index (χ4n) is 5.82. The molecule has 1 aromatic heterocycles. The highest BCUT2D eigenvalue weighted by molar-refractivity contribution is 6.37. The van der Waals surface area contributed by atoms with E-state index < -0.39 is 18.3 Å². The minimum atomic E-state index is -0.726. The minimum absolute atomic E-state index is 0.0434. The summed E-state index contributed by atoms with van der Waals surface area (Å²) in [6, 6.07) is 6.03. The van der Waals surface area contributed by atoms with Crippen LogP contribution >= 0.6 is 11.6 Å². The lowest BCUT2D eigenvalue weighted by atomic mass is 9.67. The lowest BCUT2D eigenvalue weighted by molar-refractivity contribution is -0.125. The van der Waals surface area contributed by atoms with Gasteiger partial charge in [0.15, 0.2) is 0 Å². The number of benzene rings is 1. The topological polar surface area (TPSA) is 130 Å². The second kappa shape index (κ2) is 9.34. The zero-order valence-electron chi connectivity index (χ0n) is 19.6. The van der Waals surface area contributed by atoms with Crippen LogP contribution in [0.3, 0.4) is 0 Å². The molecular formula is C25H30ClN5O4. The van der Waals surface area contributed by atoms with Gasteiger partial charge in [-0.2, -0.15) is 5.26 Å². The summed E-state index contributed by atoms with van der Waals surface area (Å²) in [7, 11) is 1.54. The van der Waals surface area contributed by atoms with Crippen molar-refractivity contribution in [2.75, 3.05) is 20.2 Å². The molecule has 186 valence electrons. The number of H-pyrrole nitrogens is 1. The van der Waals surface area contributed by atoms with Gasteiger partial charge in [0.25, 0.3) is 5.91 Å². The Morgan fingerprint density at radius 1 is 1.43 bits per heavy atom.